The van der Waals surface area contributed by atoms with Gasteiger partial charge in [-0.05, 0) is 73.7 Å². The number of aryl methyl sites for hydroxylation is 1. The van der Waals surface area contributed by atoms with Gasteiger partial charge in [0.2, 0.25) is 0 Å². The number of fused-ring (bicyclic) bond motifs is 1. The van der Waals surface area contributed by atoms with E-state index in [-0.39, 0.29) is 23.4 Å². The Hall–Kier alpha value is -3.19. The van der Waals surface area contributed by atoms with Gasteiger partial charge in [0.25, 0.3) is 5.91 Å². The lowest BCUT2D eigenvalue weighted by Gasteiger charge is -2.32. The van der Waals surface area contributed by atoms with Crippen molar-refractivity contribution in [3.8, 4) is 16.9 Å². The van der Waals surface area contributed by atoms with Gasteiger partial charge in [-0.25, -0.2) is 9.37 Å². The summed E-state index contributed by atoms with van der Waals surface area (Å²) in [4.78, 5) is 30.1. The highest BCUT2D eigenvalue weighted by molar-refractivity contribution is 6.30. The van der Waals surface area contributed by atoms with Crippen molar-refractivity contribution in [1.29, 1.82) is 0 Å². The molecule has 3 aromatic rings. The van der Waals surface area contributed by atoms with E-state index in [1.165, 1.54) is 12.1 Å². The third kappa shape index (κ3) is 4.93. The monoisotopic (exact) mass is 470 g/mol. The van der Waals surface area contributed by atoms with Crippen LogP contribution in [0.1, 0.15) is 25.3 Å². The van der Waals surface area contributed by atoms with Crippen LogP contribution in [0.2, 0.25) is 5.15 Å². The molecular formula is C25H24ClFN2O4. The number of piperidine rings is 1. The number of hydrogen-bond acceptors (Lipinski definition) is 4. The zero-order chi connectivity index (χ0) is 23.7. The largest absolute Gasteiger partial charge is 0.481 e. The number of carbonyl (C=O) groups excluding carboxylic acids is 1. The van der Waals surface area contributed by atoms with Crippen LogP contribution in [0.15, 0.2) is 42.5 Å². The number of amides is 1. The fourth-order valence-corrected chi connectivity index (χ4v) is 4.49. The van der Waals surface area contributed by atoms with Crippen molar-refractivity contribution in [3.05, 3.63) is 59.0 Å². The molecule has 6 nitrogen and oxygen atoms in total. The van der Waals surface area contributed by atoms with Gasteiger partial charge in [0, 0.05) is 24.5 Å². The molecule has 0 radical (unpaired) electrons. The molecule has 1 fully saturated rings. The van der Waals surface area contributed by atoms with Gasteiger partial charge in [0.15, 0.2) is 6.10 Å². The minimum Gasteiger partial charge on any atom is -0.481 e. The number of rotatable bonds is 5. The summed E-state index contributed by atoms with van der Waals surface area (Å²) >= 11 is 6.27. The molecule has 0 saturated carbocycles. The number of aliphatic carboxylic acids is 1. The van der Waals surface area contributed by atoms with E-state index in [4.69, 9.17) is 16.3 Å². The molecule has 0 aliphatic carbocycles. The second-order valence-corrected chi connectivity index (χ2v) is 8.74. The molecule has 2 atom stereocenters. The van der Waals surface area contributed by atoms with E-state index in [2.05, 4.69) is 4.98 Å². The van der Waals surface area contributed by atoms with Crippen molar-refractivity contribution in [2.75, 3.05) is 13.1 Å². The number of carboxylic acid groups (broad SMARTS) is 1. The van der Waals surface area contributed by atoms with Crippen LogP contribution in [0.3, 0.4) is 0 Å². The third-order valence-corrected chi connectivity index (χ3v) is 6.17. The quantitative estimate of drug-likeness (QED) is 0.525. The second kappa shape index (κ2) is 9.35. The van der Waals surface area contributed by atoms with Crippen LogP contribution in [-0.2, 0) is 9.59 Å². The first-order valence-electron chi connectivity index (χ1n) is 10.8. The van der Waals surface area contributed by atoms with Gasteiger partial charge in [0.1, 0.15) is 16.7 Å². The molecule has 33 heavy (non-hydrogen) atoms. The van der Waals surface area contributed by atoms with Crippen LogP contribution < -0.4 is 4.74 Å². The molecular weight excluding hydrogens is 447 g/mol. The molecule has 1 aliphatic rings. The summed E-state index contributed by atoms with van der Waals surface area (Å²) in [6.07, 6.45) is 0.439. The van der Waals surface area contributed by atoms with Gasteiger partial charge < -0.3 is 14.7 Å². The Morgan fingerprint density at radius 1 is 1.21 bits per heavy atom. The molecule has 2 heterocycles. The van der Waals surface area contributed by atoms with Crippen molar-refractivity contribution >= 4 is 34.4 Å². The predicted octanol–water partition coefficient (Wildman–Crippen LogP) is 5.09. The van der Waals surface area contributed by atoms with Crippen LogP contribution in [0.5, 0.6) is 5.75 Å². The van der Waals surface area contributed by atoms with E-state index in [0.29, 0.717) is 30.7 Å². The van der Waals surface area contributed by atoms with Crippen LogP contribution in [0.4, 0.5) is 4.39 Å². The zero-order valence-electron chi connectivity index (χ0n) is 18.3. The zero-order valence-corrected chi connectivity index (χ0v) is 19.1. The van der Waals surface area contributed by atoms with Crippen LogP contribution in [0, 0.1) is 18.7 Å². The summed E-state index contributed by atoms with van der Waals surface area (Å²) in [5, 5.41) is 10.4. The van der Waals surface area contributed by atoms with Crippen molar-refractivity contribution < 1.29 is 23.8 Å². The van der Waals surface area contributed by atoms with Crippen LogP contribution in [-0.4, -0.2) is 46.1 Å². The van der Waals surface area contributed by atoms with E-state index in [1.54, 1.807) is 36.1 Å². The highest BCUT2D eigenvalue weighted by atomic mass is 35.5. The lowest BCUT2D eigenvalue weighted by molar-refractivity contribution is -0.147. The second-order valence-electron chi connectivity index (χ2n) is 8.35. The first-order valence-corrected chi connectivity index (χ1v) is 11.2. The Balaban J connectivity index is 1.58. The highest BCUT2D eigenvalue weighted by Gasteiger charge is 2.31. The minimum atomic E-state index is -0.884. The van der Waals surface area contributed by atoms with E-state index in [0.717, 1.165) is 22.1 Å². The molecule has 1 saturated heterocycles. The molecule has 8 heteroatoms. The molecule has 1 aromatic heterocycles. The Morgan fingerprint density at radius 3 is 2.73 bits per heavy atom. The van der Waals surface area contributed by atoms with Gasteiger partial charge in [0.05, 0.1) is 11.4 Å². The average Bonchev–Trinajstić information content (AvgIpc) is 2.78. The topological polar surface area (TPSA) is 79.7 Å². The Bertz CT molecular complexity index is 1230. The number of carbonyl (C=O) groups is 2. The van der Waals surface area contributed by atoms with E-state index >= 15 is 0 Å². The number of nitrogens with zero attached hydrogens (tertiary/aromatic N) is 2. The Kier molecular flexibility index (Phi) is 6.51. The molecule has 0 unspecified atom stereocenters. The summed E-state index contributed by atoms with van der Waals surface area (Å²) in [6.45, 7) is 4.19. The average molecular weight is 471 g/mol. The summed E-state index contributed by atoms with van der Waals surface area (Å²) in [5.41, 5.74) is 3.04. The molecule has 0 bridgehead atoms. The highest BCUT2D eigenvalue weighted by Crippen LogP contribution is 2.34. The van der Waals surface area contributed by atoms with Gasteiger partial charge in [-0.15, -0.1) is 0 Å². The summed E-state index contributed by atoms with van der Waals surface area (Å²) in [7, 11) is 0. The number of benzene rings is 2. The lowest BCUT2D eigenvalue weighted by atomic mass is 9.97. The number of aromatic nitrogens is 1. The molecule has 1 N–H and O–H groups in total. The van der Waals surface area contributed by atoms with E-state index in [9.17, 15) is 19.1 Å². The fourth-order valence-electron chi connectivity index (χ4n) is 4.29. The first kappa shape index (κ1) is 23.0. The van der Waals surface area contributed by atoms with Crippen molar-refractivity contribution in [3.63, 3.8) is 0 Å². The maximum atomic E-state index is 13.6. The number of carboxylic acids is 1. The van der Waals surface area contributed by atoms with Crippen LogP contribution >= 0.6 is 11.6 Å². The lowest BCUT2D eigenvalue weighted by Crippen LogP contribution is -2.47. The SMILES string of the molecule is Cc1cc(F)ccc1-c1cc(Cl)nc2cc(O[C@H](C)C(=O)N3CCC[C@H](C(=O)O)C3)ccc12. The number of likely N-dealkylation sites (tertiary alicyclic amines) is 1. The van der Waals surface area contributed by atoms with E-state index < -0.39 is 18.0 Å². The molecule has 1 aliphatic heterocycles. The summed E-state index contributed by atoms with van der Waals surface area (Å²) in [6, 6.07) is 11.6. The maximum Gasteiger partial charge on any atom is 0.308 e. The van der Waals surface area contributed by atoms with Gasteiger partial charge in [-0.3, -0.25) is 9.59 Å². The van der Waals surface area contributed by atoms with Crippen molar-refractivity contribution in [2.45, 2.75) is 32.8 Å². The van der Waals surface area contributed by atoms with Gasteiger partial charge >= 0.3 is 5.97 Å². The van der Waals surface area contributed by atoms with Gasteiger partial charge in [-0.2, -0.15) is 0 Å². The Morgan fingerprint density at radius 2 is 2.00 bits per heavy atom. The number of halogens is 2. The van der Waals surface area contributed by atoms with Crippen LogP contribution in [0.25, 0.3) is 22.0 Å². The minimum absolute atomic E-state index is 0.192. The smallest absolute Gasteiger partial charge is 0.308 e. The van der Waals surface area contributed by atoms with Gasteiger partial charge in [-0.1, -0.05) is 17.7 Å². The standard InChI is InChI=1S/C25H24ClFN2O4/c1-14-10-17(27)5-7-19(14)21-12-23(26)28-22-11-18(6-8-20(21)22)33-15(2)24(30)29-9-3-4-16(13-29)25(31)32/h5-8,10-12,15-16H,3-4,9,13H2,1-2H3,(H,31,32)/t15-,16+/m1/s1. The molecule has 0 spiro atoms. The predicted molar refractivity (Wildman–Crippen MR) is 124 cm³/mol. The normalized spacial score (nSPS) is 17.1. The molecule has 1 amide bonds. The number of ether oxygens (including phenoxy) is 1. The first-order chi connectivity index (χ1) is 15.7. The van der Waals surface area contributed by atoms with Crippen molar-refractivity contribution in [2.24, 2.45) is 5.92 Å². The number of pyridine rings is 1. The summed E-state index contributed by atoms with van der Waals surface area (Å²) in [5.74, 6) is -1.53. The molecule has 172 valence electrons. The summed E-state index contributed by atoms with van der Waals surface area (Å²) < 4.78 is 19.5. The van der Waals surface area contributed by atoms with E-state index in [1.807, 2.05) is 13.0 Å². The fraction of sp³-hybridized carbons (Fsp3) is 0.320. The third-order valence-electron chi connectivity index (χ3n) is 5.97. The number of hydrogen-bond donors (Lipinski definition) is 1. The Labute approximate surface area is 195 Å². The molecule has 4 rings (SSSR count). The maximum absolute atomic E-state index is 13.6. The van der Waals surface area contributed by atoms with Crippen molar-refractivity contribution in [1.82, 2.24) is 9.88 Å². The molecule has 2 aromatic carbocycles.